The molecule has 2 aromatic carbocycles. The van der Waals surface area contributed by atoms with Crippen LogP contribution in [0.15, 0.2) is 79.0 Å². The van der Waals surface area contributed by atoms with Gasteiger partial charge in [-0.3, -0.25) is 24.1 Å². The van der Waals surface area contributed by atoms with Crippen molar-refractivity contribution in [1.82, 2.24) is 19.8 Å². The number of aromatic nitrogens is 2. The van der Waals surface area contributed by atoms with Crippen LogP contribution in [0.3, 0.4) is 0 Å². The molecule has 0 aliphatic rings. The number of nitrogens with one attached hydrogen (secondary N) is 2. The zero-order chi connectivity index (χ0) is 38.5. The number of amides is 3. The highest BCUT2D eigenvalue weighted by Crippen LogP contribution is 2.24. The second-order valence-corrected chi connectivity index (χ2v) is 12.5. The standard InChI is InChI=1S/C38H41ClN6O8/c1-4-28(5-2)45(20-19-44(3)33(46)17-18-34(47)48)23-24-7-6-8-25(21-24)36(49)42-30-14-15-31(39)43-35(30)37(50)41-27-10-12-29(13-11-27)53-32-16-9-26(22-40-32)38(51)52/h6-16,21-22,28H,4-5,17-20,23H2,1-3H3,(H,41,50)(H,42,49)(H,47,48)(H,51,52). The fourth-order valence-corrected chi connectivity index (χ4v) is 5.58. The maximum atomic E-state index is 13.5. The van der Waals surface area contributed by atoms with Crippen molar-refractivity contribution < 1.29 is 38.9 Å². The molecule has 15 heteroatoms. The summed E-state index contributed by atoms with van der Waals surface area (Å²) in [5.41, 5.74) is 1.70. The normalized spacial score (nSPS) is 10.9. The highest BCUT2D eigenvalue weighted by molar-refractivity contribution is 6.29. The maximum Gasteiger partial charge on any atom is 0.337 e. The summed E-state index contributed by atoms with van der Waals surface area (Å²) in [5.74, 6) is -2.85. The van der Waals surface area contributed by atoms with E-state index in [9.17, 15) is 24.0 Å². The lowest BCUT2D eigenvalue weighted by Gasteiger charge is -2.32. The third-order valence-corrected chi connectivity index (χ3v) is 8.59. The topological polar surface area (TPSA) is 191 Å². The van der Waals surface area contributed by atoms with Crippen molar-refractivity contribution in [1.29, 1.82) is 0 Å². The minimum absolute atomic E-state index is 0.0257. The predicted octanol–water partition coefficient (Wildman–Crippen LogP) is 6.44. The molecular formula is C38H41ClN6O8. The van der Waals surface area contributed by atoms with Gasteiger partial charge in [0.25, 0.3) is 11.8 Å². The van der Waals surface area contributed by atoms with Crippen molar-refractivity contribution in [2.45, 2.75) is 52.1 Å². The number of benzene rings is 2. The number of aromatic carboxylic acids is 1. The average molecular weight is 745 g/mol. The smallest absolute Gasteiger partial charge is 0.337 e. The fourth-order valence-electron chi connectivity index (χ4n) is 5.44. The van der Waals surface area contributed by atoms with Gasteiger partial charge in [0.1, 0.15) is 10.9 Å². The number of likely N-dealkylation sites (N-methyl/N-ethyl adjacent to an activating group) is 1. The molecule has 2 heterocycles. The first-order chi connectivity index (χ1) is 25.4. The number of carbonyl (C=O) groups is 5. The molecule has 0 aliphatic carbocycles. The molecule has 14 nitrogen and oxygen atoms in total. The van der Waals surface area contributed by atoms with Gasteiger partial charge in [-0.15, -0.1) is 0 Å². The van der Waals surface area contributed by atoms with Crippen molar-refractivity contribution >= 4 is 52.6 Å². The molecule has 0 saturated heterocycles. The largest absolute Gasteiger partial charge is 0.481 e. The number of rotatable bonds is 18. The van der Waals surface area contributed by atoms with Gasteiger partial charge in [0, 0.05) is 62.7 Å². The SMILES string of the molecule is CCC(CC)N(CCN(C)C(=O)CCC(=O)O)Cc1cccc(C(=O)Nc2ccc(Cl)nc2C(=O)Nc2ccc(Oc3ccc(C(=O)O)cn3)cc2)c1. The highest BCUT2D eigenvalue weighted by atomic mass is 35.5. The molecule has 0 atom stereocenters. The van der Waals surface area contributed by atoms with Gasteiger partial charge < -0.3 is 30.5 Å². The van der Waals surface area contributed by atoms with Gasteiger partial charge in [0.05, 0.1) is 17.7 Å². The Bertz CT molecular complexity index is 1920. The van der Waals surface area contributed by atoms with Gasteiger partial charge in [-0.05, 0) is 73.0 Å². The predicted molar refractivity (Wildman–Crippen MR) is 199 cm³/mol. The molecular weight excluding hydrogens is 704 g/mol. The van der Waals surface area contributed by atoms with Gasteiger partial charge >= 0.3 is 11.9 Å². The van der Waals surface area contributed by atoms with Crippen LogP contribution in [0.1, 0.15) is 76.3 Å². The molecule has 4 aromatic rings. The van der Waals surface area contributed by atoms with Crippen LogP contribution >= 0.6 is 11.6 Å². The van der Waals surface area contributed by atoms with Crippen LogP contribution in [0.25, 0.3) is 0 Å². The molecule has 0 unspecified atom stereocenters. The van der Waals surface area contributed by atoms with Crippen molar-refractivity contribution in [3.8, 4) is 11.6 Å². The molecule has 3 amide bonds. The minimum Gasteiger partial charge on any atom is -0.481 e. The number of hydrogen-bond donors (Lipinski definition) is 4. The molecule has 278 valence electrons. The number of hydrogen-bond acceptors (Lipinski definition) is 9. The molecule has 0 spiro atoms. The lowest BCUT2D eigenvalue weighted by atomic mass is 10.1. The fraction of sp³-hybridized carbons (Fsp3) is 0.289. The van der Waals surface area contributed by atoms with E-state index < -0.39 is 23.8 Å². The second-order valence-electron chi connectivity index (χ2n) is 12.1. The molecule has 0 radical (unpaired) electrons. The van der Waals surface area contributed by atoms with E-state index in [-0.39, 0.29) is 52.8 Å². The van der Waals surface area contributed by atoms with Crippen LogP contribution in [0.2, 0.25) is 5.15 Å². The first-order valence-electron chi connectivity index (χ1n) is 16.9. The molecule has 4 rings (SSSR count). The van der Waals surface area contributed by atoms with Gasteiger partial charge in [0.15, 0.2) is 5.69 Å². The summed E-state index contributed by atoms with van der Waals surface area (Å²) >= 11 is 6.14. The van der Waals surface area contributed by atoms with Crippen LogP contribution < -0.4 is 15.4 Å². The lowest BCUT2D eigenvalue weighted by Crippen LogP contribution is -2.41. The van der Waals surface area contributed by atoms with Crippen molar-refractivity contribution in [2.24, 2.45) is 0 Å². The lowest BCUT2D eigenvalue weighted by molar-refractivity contribution is -0.140. The van der Waals surface area contributed by atoms with E-state index in [1.165, 1.54) is 30.5 Å². The van der Waals surface area contributed by atoms with Crippen molar-refractivity contribution in [3.63, 3.8) is 0 Å². The zero-order valence-corrected chi connectivity index (χ0v) is 30.3. The first kappa shape index (κ1) is 39.9. The zero-order valence-electron chi connectivity index (χ0n) is 29.5. The number of pyridine rings is 2. The minimum atomic E-state index is -1.10. The Labute approximate surface area is 311 Å². The Morgan fingerprint density at radius 2 is 1.58 bits per heavy atom. The van der Waals surface area contributed by atoms with Crippen molar-refractivity contribution in [3.05, 3.63) is 107 Å². The average Bonchev–Trinajstić information content (AvgIpc) is 3.14. The Morgan fingerprint density at radius 1 is 0.849 bits per heavy atom. The van der Waals surface area contributed by atoms with E-state index in [2.05, 4.69) is 39.3 Å². The van der Waals surface area contributed by atoms with Crippen LogP contribution in [0.5, 0.6) is 11.6 Å². The summed E-state index contributed by atoms with van der Waals surface area (Å²) in [6.45, 7) is 5.67. The number of nitrogens with zero attached hydrogens (tertiary/aromatic N) is 4. The van der Waals surface area contributed by atoms with Crippen molar-refractivity contribution in [2.75, 3.05) is 30.8 Å². The third kappa shape index (κ3) is 11.8. The molecule has 0 saturated carbocycles. The van der Waals surface area contributed by atoms with E-state index in [1.807, 2.05) is 6.07 Å². The van der Waals surface area contributed by atoms with Crippen LogP contribution in [0.4, 0.5) is 11.4 Å². The number of halogens is 1. The second kappa shape index (κ2) is 19.1. The highest BCUT2D eigenvalue weighted by Gasteiger charge is 2.21. The van der Waals surface area contributed by atoms with Gasteiger partial charge in [0.2, 0.25) is 11.8 Å². The van der Waals surface area contributed by atoms with Crippen LogP contribution in [-0.4, -0.2) is 85.8 Å². The van der Waals surface area contributed by atoms with E-state index >= 15 is 0 Å². The van der Waals surface area contributed by atoms with Crippen LogP contribution in [0, 0.1) is 0 Å². The number of carboxylic acids is 2. The summed E-state index contributed by atoms with van der Waals surface area (Å²) in [4.78, 5) is 73.1. The summed E-state index contributed by atoms with van der Waals surface area (Å²) in [5, 5.41) is 23.5. The summed E-state index contributed by atoms with van der Waals surface area (Å²) in [6, 6.07) is 19.5. The summed E-state index contributed by atoms with van der Waals surface area (Å²) in [6.07, 6.45) is 2.66. The Balaban J connectivity index is 1.42. The quantitative estimate of drug-likeness (QED) is 0.0820. The number of carbonyl (C=O) groups excluding carboxylic acids is 3. The molecule has 0 fully saturated rings. The number of aliphatic carboxylic acids is 1. The first-order valence-corrected chi connectivity index (χ1v) is 17.3. The molecule has 2 aromatic heterocycles. The molecule has 53 heavy (non-hydrogen) atoms. The van der Waals surface area contributed by atoms with E-state index in [1.54, 1.807) is 54.4 Å². The number of carboxylic acid groups (broad SMARTS) is 2. The van der Waals surface area contributed by atoms with E-state index in [4.69, 9.17) is 26.6 Å². The van der Waals surface area contributed by atoms with Crippen LogP contribution in [-0.2, 0) is 16.1 Å². The van der Waals surface area contributed by atoms with E-state index in [0.29, 0.717) is 36.6 Å². The summed E-state index contributed by atoms with van der Waals surface area (Å²) < 4.78 is 5.65. The number of anilines is 2. The monoisotopic (exact) mass is 744 g/mol. The van der Waals surface area contributed by atoms with Gasteiger partial charge in [-0.25, -0.2) is 14.8 Å². The molecule has 4 N–H and O–H groups in total. The Hall–Kier alpha value is -5.86. The number of ether oxygens (including phenoxy) is 1. The Kier molecular flexibility index (Phi) is 14.4. The molecule has 0 bridgehead atoms. The molecule has 0 aliphatic heterocycles. The summed E-state index contributed by atoms with van der Waals surface area (Å²) in [7, 11) is 1.66. The van der Waals surface area contributed by atoms with Gasteiger partial charge in [-0.2, -0.15) is 0 Å². The van der Waals surface area contributed by atoms with E-state index in [0.717, 1.165) is 18.4 Å². The third-order valence-electron chi connectivity index (χ3n) is 8.38. The van der Waals surface area contributed by atoms with Gasteiger partial charge in [-0.1, -0.05) is 37.6 Å². The Morgan fingerprint density at radius 3 is 2.23 bits per heavy atom. The maximum absolute atomic E-state index is 13.5.